The number of carbonyl (C=O) groups excluding carboxylic acids is 1. The monoisotopic (exact) mass is 348 g/mol. The van der Waals surface area contributed by atoms with Crippen molar-refractivity contribution in [1.82, 2.24) is 0 Å². The number of fused-ring (bicyclic) bond motifs is 5. The molecule has 2 aromatic rings. The molecule has 2 unspecified atom stereocenters. The second-order valence-corrected chi connectivity index (χ2v) is 6.64. The number of hydrogen-bond acceptors (Lipinski definition) is 5. The summed E-state index contributed by atoms with van der Waals surface area (Å²) in [6.07, 6.45) is 0.557. The fourth-order valence-electron chi connectivity index (χ4n) is 4.16. The van der Waals surface area contributed by atoms with E-state index in [4.69, 9.17) is 14.2 Å². The first-order valence-corrected chi connectivity index (χ1v) is 8.60. The van der Waals surface area contributed by atoms with Crippen molar-refractivity contribution >= 4 is 11.6 Å². The number of carbonyl (C=O) groups is 1. The lowest BCUT2D eigenvalue weighted by atomic mass is 9.77. The van der Waals surface area contributed by atoms with Gasteiger partial charge in [0.15, 0.2) is 11.5 Å². The smallest absolute Gasteiger partial charge is 0.247 e. The van der Waals surface area contributed by atoms with Crippen molar-refractivity contribution in [3.63, 3.8) is 0 Å². The normalized spacial score (nSPS) is 22.8. The minimum Gasteiger partial charge on any atom is -0.491 e. The zero-order chi connectivity index (χ0) is 17.9. The summed E-state index contributed by atoms with van der Waals surface area (Å²) >= 11 is 0. The Hall–Kier alpha value is -3.20. The third-order valence-electron chi connectivity index (χ3n) is 5.43. The van der Waals surface area contributed by atoms with Crippen LogP contribution in [0.3, 0.4) is 0 Å². The van der Waals surface area contributed by atoms with Gasteiger partial charge in [-0.25, -0.2) is 0 Å². The maximum atomic E-state index is 13.6. The summed E-state index contributed by atoms with van der Waals surface area (Å²) in [4.78, 5) is 15.3. The van der Waals surface area contributed by atoms with Gasteiger partial charge >= 0.3 is 0 Å². The standard InChI is InChI=1S/C20H16N2O4/c1-2-12(9-21)22-15-6-4-3-5-13(15)20(19(22)23)10-24-16-8-18-17(7-14(16)20)25-11-26-18/h3-8,12H,2,10-11H2,1H3. The number of nitrogens with zero attached hydrogens (tertiary/aromatic N) is 2. The molecule has 2 aromatic carbocycles. The number of amides is 1. The maximum Gasteiger partial charge on any atom is 0.247 e. The van der Waals surface area contributed by atoms with Crippen molar-refractivity contribution in [2.75, 3.05) is 18.3 Å². The van der Waals surface area contributed by atoms with Gasteiger partial charge < -0.3 is 14.2 Å². The molecule has 6 nitrogen and oxygen atoms in total. The lowest BCUT2D eigenvalue weighted by molar-refractivity contribution is -0.122. The zero-order valence-corrected chi connectivity index (χ0v) is 14.2. The molecule has 0 radical (unpaired) electrons. The molecule has 130 valence electrons. The van der Waals surface area contributed by atoms with Crippen molar-refractivity contribution < 1.29 is 19.0 Å². The molecule has 3 aliphatic rings. The van der Waals surface area contributed by atoms with E-state index in [2.05, 4.69) is 6.07 Å². The van der Waals surface area contributed by atoms with E-state index in [0.29, 0.717) is 23.7 Å². The Bertz CT molecular complexity index is 980. The van der Waals surface area contributed by atoms with Crippen LogP contribution in [0.5, 0.6) is 17.2 Å². The summed E-state index contributed by atoms with van der Waals surface area (Å²) in [6.45, 7) is 2.28. The molecule has 3 aliphatic heterocycles. The second kappa shape index (κ2) is 5.15. The third kappa shape index (κ3) is 1.67. The molecule has 0 aromatic heterocycles. The van der Waals surface area contributed by atoms with Gasteiger partial charge in [0.25, 0.3) is 0 Å². The van der Waals surface area contributed by atoms with E-state index < -0.39 is 11.5 Å². The Balaban J connectivity index is 1.75. The summed E-state index contributed by atoms with van der Waals surface area (Å²) in [5, 5.41) is 9.57. The van der Waals surface area contributed by atoms with Crippen LogP contribution in [0.15, 0.2) is 36.4 Å². The molecular weight excluding hydrogens is 332 g/mol. The number of nitriles is 1. The van der Waals surface area contributed by atoms with E-state index in [1.807, 2.05) is 37.3 Å². The van der Waals surface area contributed by atoms with Crippen LogP contribution in [0.25, 0.3) is 0 Å². The Morgan fingerprint density at radius 1 is 1.15 bits per heavy atom. The summed E-state index contributed by atoms with van der Waals surface area (Å²) in [5.74, 6) is 1.75. The van der Waals surface area contributed by atoms with E-state index in [-0.39, 0.29) is 19.3 Å². The number of hydrogen-bond donors (Lipinski definition) is 0. The molecule has 0 fully saturated rings. The zero-order valence-electron chi connectivity index (χ0n) is 14.2. The van der Waals surface area contributed by atoms with E-state index in [1.165, 1.54) is 0 Å². The fraction of sp³-hybridized carbons (Fsp3) is 0.300. The summed E-state index contributed by atoms with van der Waals surface area (Å²) < 4.78 is 16.9. The Morgan fingerprint density at radius 3 is 2.69 bits per heavy atom. The van der Waals surface area contributed by atoms with Gasteiger partial charge in [-0.3, -0.25) is 9.69 Å². The fourth-order valence-corrected chi connectivity index (χ4v) is 4.16. The Labute approximate surface area is 150 Å². The topological polar surface area (TPSA) is 71.8 Å². The van der Waals surface area contributed by atoms with Gasteiger partial charge in [-0.15, -0.1) is 0 Å². The first-order chi connectivity index (χ1) is 12.7. The molecule has 26 heavy (non-hydrogen) atoms. The molecule has 0 saturated carbocycles. The van der Waals surface area contributed by atoms with Crippen molar-refractivity contribution in [2.45, 2.75) is 24.8 Å². The molecule has 1 amide bonds. The first-order valence-electron chi connectivity index (χ1n) is 8.60. The van der Waals surface area contributed by atoms with Gasteiger partial charge in [0, 0.05) is 17.3 Å². The van der Waals surface area contributed by atoms with Crippen LogP contribution in [0.1, 0.15) is 24.5 Å². The first kappa shape index (κ1) is 15.1. The lowest BCUT2D eigenvalue weighted by Crippen LogP contribution is -2.46. The number of ether oxygens (including phenoxy) is 3. The minimum absolute atomic E-state index is 0.121. The van der Waals surface area contributed by atoms with Crippen LogP contribution in [0, 0.1) is 11.3 Å². The van der Waals surface area contributed by atoms with Crippen LogP contribution < -0.4 is 19.1 Å². The van der Waals surface area contributed by atoms with E-state index in [9.17, 15) is 10.1 Å². The highest BCUT2D eigenvalue weighted by atomic mass is 16.7. The third-order valence-corrected chi connectivity index (χ3v) is 5.43. The summed E-state index contributed by atoms with van der Waals surface area (Å²) in [6, 6.07) is 13.0. The molecule has 3 heterocycles. The Morgan fingerprint density at radius 2 is 1.92 bits per heavy atom. The van der Waals surface area contributed by atoms with Crippen LogP contribution in [-0.4, -0.2) is 25.3 Å². The van der Waals surface area contributed by atoms with Gasteiger partial charge in [-0.05, 0) is 24.1 Å². The minimum atomic E-state index is -0.947. The largest absolute Gasteiger partial charge is 0.491 e. The van der Waals surface area contributed by atoms with Crippen molar-refractivity contribution in [3.8, 4) is 23.3 Å². The van der Waals surface area contributed by atoms with E-state index >= 15 is 0 Å². The highest BCUT2D eigenvalue weighted by Gasteiger charge is 2.58. The molecule has 0 aliphatic carbocycles. The van der Waals surface area contributed by atoms with Crippen LogP contribution in [-0.2, 0) is 10.2 Å². The van der Waals surface area contributed by atoms with Crippen molar-refractivity contribution in [1.29, 1.82) is 5.26 Å². The van der Waals surface area contributed by atoms with E-state index in [1.54, 1.807) is 11.0 Å². The number of para-hydroxylation sites is 1. The molecule has 6 heteroatoms. The molecule has 1 spiro atoms. The predicted octanol–water partition coefficient (Wildman–Crippen LogP) is 2.74. The van der Waals surface area contributed by atoms with Gasteiger partial charge in [-0.2, -0.15) is 5.26 Å². The predicted molar refractivity (Wildman–Crippen MR) is 92.5 cm³/mol. The summed E-state index contributed by atoms with van der Waals surface area (Å²) in [7, 11) is 0. The molecule has 0 saturated heterocycles. The van der Waals surface area contributed by atoms with Crippen molar-refractivity contribution in [3.05, 3.63) is 47.5 Å². The second-order valence-electron chi connectivity index (χ2n) is 6.64. The molecule has 5 rings (SSSR count). The van der Waals surface area contributed by atoms with Gasteiger partial charge in [0.05, 0.1) is 6.07 Å². The highest BCUT2D eigenvalue weighted by Crippen LogP contribution is 2.55. The quantitative estimate of drug-likeness (QED) is 0.834. The number of rotatable bonds is 2. The number of anilines is 1. The number of benzene rings is 2. The van der Waals surface area contributed by atoms with Gasteiger partial charge in [0.1, 0.15) is 23.8 Å². The van der Waals surface area contributed by atoms with Crippen molar-refractivity contribution in [2.24, 2.45) is 0 Å². The average Bonchev–Trinajstić information content (AvgIpc) is 3.33. The van der Waals surface area contributed by atoms with E-state index in [0.717, 1.165) is 16.8 Å². The molecule has 0 bridgehead atoms. The summed E-state index contributed by atoms with van der Waals surface area (Å²) in [5.41, 5.74) is 1.47. The van der Waals surface area contributed by atoms with Crippen LogP contribution in [0.4, 0.5) is 5.69 Å². The van der Waals surface area contributed by atoms with Crippen LogP contribution >= 0.6 is 0 Å². The Kier molecular flexibility index (Phi) is 2.99. The maximum absolute atomic E-state index is 13.6. The SMILES string of the molecule is CCC(C#N)N1C(=O)C2(COc3cc4c(cc32)OCO4)c2ccccc21. The van der Waals surface area contributed by atoms with Crippen LogP contribution in [0.2, 0.25) is 0 Å². The van der Waals surface area contributed by atoms with Gasteiger partial charge in [0.2, 0.25) is 12.7 Å². The highest BCUT2D eigenvalue weighted by molar-refractivity contribution is 6.12. The lowest BCUT2D eigenvalue weighted by Gasteiger charge is -2.25. The molecule has 0 N–H and O–H groups in total. The van der Waals surface area contributed by atoms with Gasteiger partial charge in [-0.1, -0.05) is 25.1 Å². The molecule has 2 atom stereocenters. The average molecular weight is 348 g/mol. The molecular formula is C20H16N2O4.